The summed E-state index contributed by atoms with van der Waals surface area (Å²) >= 11 is 4.35. The first-order valence-corrected chi connectivity index (χ1v) is 6.08. The average molecular weight is 238 g/mol. The van der Waals surface area contributed by atoms with Gasteiger partial charge in [0.05, 0.1) is 0 Å². The second-order valence-electron chi connectivity index (χ2n) is 4.05. The predicted molar refractivity (Wildman–Crippen MR) is 69.2 cm³/mol. The number of carboxylic acid groups (broad SMARTS) is 1. The summed E-state index contributed by atoms with van der Waals surface area (Å²) in [5.41, 5.74) is 2.41. The summed E-state index contributed by atoms with van der Waals surface area (Å²) in [6.07, 6.45) is 2.81. The molecule has 0 fully saturated rings. The first kappa shape index (κ1) is 13.1. The van der Waals surface area contributed by atoms with Gasteiger partial charge in [-0.2, -0.15) is 12.6 Å². The number of carbonyl (C=O) groups is 1. The molecule has 0 saturated carbocycles. The fraction of sp³-hybridized carbons (Fsp3) is 0.462. The van der Waals surface area contributed by atoms with E-state index in [9.17, 15) is 4.79 Å². The van der Waals surface area contributed by atoms with Gasteiger partial charge >= 0.3 is 5.97 Å². The third kappa shape index (κ3) is 4.71. The van der Waals surface area contributed by atoms with Crippen molar-refractivity contribution in [1.29, 1.82) is 0 Å². The molecule has 1 aromatic carbocycles. The summed E-state index contributed by atoms with van der Waals surface area (Å²) in [6, 6.07) is 8.06. The standard InChI is InChI=1S/C13H18O2S/c1-10(16)6-7-11-4-2-3-5-12(11)8-9-13(14)15/h2-5,10,16H,6-9H2,1H3,(H,14,15). The number of hydrogen-bond donors (Lipinski definition) is 2. The van der Waals surface area contributed by atoms with Crippen LogP contribution in [0.5, 0.6) is 0 Å². The van der Waals surface area contributed by atoms with Crippen LogP contribution >= 0.6 is 12.6 Å². The Morgan fingerprint density at radius 2 is 1.88 bits per heavy atom. The lowest BCUT2D eigenvalue weighted by atomic mass is 9.98. The van der Waals surface area contributed by atoms with Crippen LogP contribution < -0.4 is 0 Å². The van der Waals surface area contributed by atoms with Crippen molar-refractivity contribution in [3.8, 4) is 0 Å². The smallest absolute Gasteiger partial charge is 0.303 e. The lowest BCUT2D eigenvalue weighted by Crippen LogP contribution is -2.02. The SMILES string of the molecule is CC(S)CCc1ccccc1CCC(=O)O. The maximum Gasteiger partial charge on any atom is 0.303 e. The molecule has 0 radical (unpaired) electrons. The van der Waals surface area contributed by atoms with Crippen molar-refractivity contribution >= 4 is 18.6 Å². The molecule has 0 amide bonds. The van der Waals surface area contributed by atoms with Gasteiger partial charge in [-0.3, -0.25) is 4.79 Å². The second-order valence-corrected chi connectivity index (χ2v) is 4.93. The van der Waals surface area contributed by atoms with Crippen LogP contribution in [0, 0.1) is 0 Å². The molecule has 2 nitrogen and oxygen atoms in total. The number of benzene rings is 1. The third-order valence-electron chi connectivity index (χ3n) is 2.56. The van der Waals surface area contributed by atoms with Gasteiger partial charge in [0.15, 0.2) is 0 Å². The van der Waals surface area contributed by atoms with E-state index in [1.54, 1.807) is 0 Å². The molecule has 88 valence electrons. The van der Waals surface area contributed by atoms with E-state index in [1.165, 1.54) is 5.56 Å². The van der Waals surface area contributed by atoms with E-state index >= 15 is 0 Å². The zero-order valence-electron chi connectivity index (χ0n) is 9.52. The van der Waals surface area contributed by atoms with Gasteiger partial charge in [0.1, 0.15) is 0 Å². The van der Waals surface area contributed by atoms with Crippen molar-refractivity contribution in [3.63, 3.8) is 0 Å². The second kappa shape index (κ2) is 6.59. The van der Waals surface area contributed by atoms with Crippen LogP contribution in [-0.2, 0) is 17.6 Å². The quantitative estimate of drug-likeness (QED) is 0.748. The molecule has 1 rings (SSSR count). The fourth-order valence-corrected chi connectivity index (χ4v) is 1.78. The van der Waals surface area contributed by atoms with Crippen molar-refractivity contribution < 1.29 is 9.90 Å². The number of carboxylic acids is 1. The number of rotatable bonds is 6. The van der Waals surface area contributed by atoms with E-state index in [2.05, 4.69) is 25.6 Å². The molecule has 1 atom stereocenters. The number of thiol groups is 1. The summed E-state index contributed by atoms with van der Waals surface area (Å²) in [5, 5.41) is 9.05. The highest BCUT2D eigenvalue weighted by Crippen LogP contribution is 2.15. The Balaban J connectivity index is 2.63. The molecule has 1 aromatic rings. The fourth-order valence-electron chi connectivity index (χ4n) is 1.65. The Morgan fingerprint density at radius 3 is 2.38 bits per heavy atom. The summed E-state index contributed by atoms with van der Waals surface area (Å²) in [7, 11) is 0. The Hall–Kier alpha value is -0.960. The Labute approximate surface area is 102 Å². The van der Waals surface area contributed by atoms with Gasteiger partial charge in [-0.05, 0) is 35.6 Å². The largest absolute Gasteiger partial charge is 0.481 e. The van der Waals surface area contributed by atoms with Gasteiger partial charge in [-0.25, -0.2) is 0 Å². The minimum absolute atomic E-state index is 0.202. The molecule has 0 aromatic heterocycles. The molecule has 0 bridgehead atoms. The van der Waals surface area contributed by atoms with Crippen LogP contribution in [0.1, 0.15) is 30.9 Å². The van der Waals surface area contributed by atoms with Gasteiger partial charge in [0.2, 0.25) is 0 Å². The van der Waals surface area contributed by atoms with Crippen LogP contribution in [0.15, 0.2) is 24.3 Å². The van der Waals surface area contributed by atoms with E-state index < -0.39 is 5.97 Å². The van der Waals surface area contributed by atoms with Crippen LogP contribution in [-0.4, -0.2) is 16.3 Å². The van der Waals surface area contributed by atoms with E-state index in [0.717, 1.165) is 18.4 Å². The van der Waals surface area contributed by atoms with Gasteiger partial charge in [-0.1, -0.05) is 31.2 Å². The molecule has 3 heteroatoms. The number of aliphatic carboxylic acids is 1. The predicted octanol–water partition coefficient (Wildman–Crippen LogP) is 2.95. The molecule has 0 heterocycles. The Kier molecular flexibility index (Phi) is 5.39. The maximum atomic E-state index is 10.5. The normalized spacial score (nSPS) is 12.4. The molecule has 0 spiro atoms. The van der Waals surface area contributed by atoms with Crippen molar-refractivity contribution in [2.24, 2.45) is 0 Å². The highest BCUT2D eigenvalue weighted by molar-refractivity contribution is 7.80. The minimum atomic E-state index is -0.739. The Bertz CT molecular complexity index is 348. The van der Waals surface area contributed by atoms with E-state index in [0.29, 0.717) is 11.7 Å². The number of hydrogen-bond acceptors (Lipinski definition) is 2. The van der Waals surface area contributed by atoms with E-state index in [1.807, 2.05) is 18.2 Å². The van der Waals surface area contributed by atoms with Crippen LogP contribution in [0.3, 0.4) is 0 Å². The van der Waals surface area contributed by atoms with E-state index in [-0.39, 0.29) is 6.42 Å². The van der Waals surface area contributed by atoms with Gasteiger partial charge in [0, 0.05) is 6.42 Å². The van der Waals surface area contributed by atoms with Crippen molar-refractivity contribution in [2.45, 2.75) is 37.9 Å². The summed E-state index contributed by atoms with van der Waals surface area (Å²) in [5.74, 6) is -0.739. The van der Waals surface area contributed by atoms with Crippen molar-refractivity contribution in [3.05, 3.63) is 35.4 Å². The monoisotopic (exact) mass is 238 g/mol. The lowest BCUT2D eigenvalue weighted by Gasteiger charge is -2.09. The van der Waals surface area contributed by atoms with Gasteiger partial charge in [-0.15, -0.1) is 0 Å². The molecular formula is C13H18O2S. The maximum absolute atomic E-state index is 10.5. The molecule has 0 saturated heterocycles. The van der Waals surface area contributed by atoms with Crippen molar-refractivity contribution in [1.82, 2.24) is 0 Å². The zero-order valence-corrected chi connectivity index (χ0v) is 10.4. The molecule has 0 aliphatic carbocycles. The molecule has 1 unspecified atom stereocenters. The topological polar surface area (TPSA) is 37.3 Å². The van der Waals surface area contributed by atoms with Gasteiger partial charge in [0.25, 0.3) is 0 Å². The van der Waals surface area contributed by atoms with Gasteiger partial charge < -0.3 is 5.11 Å². The Morgan fingerprint density at radius 1 is 1.31 bits per heavy atom. The van der Waals surface area contributed by atoms with Crippen LogP contribution in [0.25, 0.3) is 0 Å². The minimum Gasteiger partial charge on any atom is -0.481 e. The van der Waals surface area contributed by atoms with Crippen LogP contribution in [0.2, 0.25) is 0 Å². The first-order chi connectivity index (χ1) is 7.59. The van der Waals surface area contributed by atoms with Crippen LogP contribution in [0.4, 0.5) is 0 Å². The summed E-state index contributed by atoms with van der Waals surface area (Å²) in [4.78, 5) is 10.5. The summed E-state index contributed by atoms with van der Waals surface area (Å²) < 4.78 is 0. The highest BCUT2D eigenvalue weighted by atomic mass is 32.1. The average Bonchev–Trinajstić information content (AvgIpc) is 2.24. The molecule has 0 aliphatic rings. The lowest BCUT2D eigenvalue weighted by molar-refractivity contribution is -0.136. The molecule has 1 N–H and O–H groups in total. The molecule has 16 heavy (non-hydrogen) atoms. The molecular weight excluding hydrogens is 220 g/mol. The zero-order chi connectivity index (χ0) is 12.0. The highest BCUT2D eigenvalue weighted by Gasteiger charge is 2.05. The third-order valence-corrected chi connectivity index (χ3v) is 2.82. The first-order valence-electron chi connectivity index (χ1n) is 5.56. The van der Waals surface area contributed by atoms with Crippen molar-refractivity contribution in [2.75, 3.05) is 0 Å². The van der Waals surface area contributed by atoms with E-state index in [4.69, 9.17) is 5.11 Å². The number of aryl methyl sites for hydroxylation is 2. The summed E-state index contributed by atoms with van der Waals surface area (Å²) in [6.45, 7) is 2.07. The molecule has 0 aliphatic heterocycles.